The van der Waals surface area contributed by atoms with Gasteiger partial charge in [-0.15, -0.1) is 0 Å². The highest BCUT2D eigenvalue weighted by molar-refractivity contribution is 6.12. The predicted molar refractivity (Wildman–Crippen MR) is 85.2 cm³/mol. The molecule has 2 atom stereocenters. The van der Waals surface area contributed by atoms with E-state index in [9.17, 15) is 9.59 Å². The van der Waals surface area contributed by atoms with Crippen LogP contribution >= 0.6 is 0 Å². The quantitative estimate of drug-likeness (QED) is 0.869. The number of rotatable bonds is 4. The van der Waals surface area contributed by atoms with E-state index in [4.69, 9.17) is 4.74 Å². The van der Waals surface area contributed by atoms with E-state index in [1.54, 1.807) is 21.0 Å². The molecule has 0 radical (unpaired) electrons. The van der Waals surface area contributed by atoms with Gasteiger partial charge in [-0.25, -0.2) is 10.9 Å². The first-order valence-corrected chi connectivity index (χ1v) is 7.35. The van der Waals surface area contributed by atoms with Gasteiger partial charge >= 0.3 is 0 Å². The largest absolute Gasteiger partial charge is 0.497 e. The van der Waals surface area contributed by atoms with Gasteiger partial charge in [0.05, 0.1) is 18.9 Å². The van der Waals surface area contributed by atoms with Gasteiger partial charge in [0.25, 0.3) is 0 Å². The Labute approximate surface area is 133 Å². The van der Waals surface area contributed by atoms with Gasteiger partial charge in [-0.3, -0.25) is 9.59 Å². The van der Waals surface area contributed by atoms with Gasteiger partial charge < -0.3 is 4.74 Å². The third-order valence-electron chi connectivity index (χ3n) is 4.37. The van der Waals surface area contributed by atoms with Crippen molar-refractivity contribution >= 4 is 23.2 Å². The molecule has 23 heavy (non-hydrogen) atoms. The molecule has 1 aromatic carbocycles. The van der Waals surface area contributed by atoms with Crippen molar-refractivity contribution in [2.75, 3.05) is 7.11 Å². The summed E-state index contributed by atoms with van der Waals surface area (Å²) in [6.07, 6.45) is 0. The molecule has 2 aliphatic heterocycles. The van der Waals surface area contributed by atoms with E-state index in [0.717, 1.165) is 11.3 Å². The maximum absolute atomic E-state index is 12.3. The van der Waals surface area contributed by atoms with E-state index >= 15 is 0 Å². The van der Waals surface area contributed by atoms with Gasteiger partial charge in [0.15, 0.2) is 0 Å². The first kappa shape index (κ1) is 15.2. The number of hydrogen-bond acceptors (Lipinski definition) is 5. The Morgan fingerprint density at radius 1 is 0.957 bits per heavy atom. The molecule has 7 nitrogen and oxygen atoms in total. The zero-order valence-corrected chi connectivity index (χ0v) is 13.2. The summed E-state index contributed by atoms with van der Waals surface area (Å²) in [5.41, 5.74) is 7.21. The Balaban J connectivity index is 2.06. The lowest BCUT2D eigenvalue weighted by Gasteiger charge is -2.27. The Kier molecular flexibility index (Phi) is 3.85. The van der Waals surface area contributed by atoms with E-state index < -0.39 is 11.8 Å². The average Bonchev–Trinajstić information content (AvgIpc) is 3.05. The monoisotopic (exact) mass is 314 g/mol. The van der Waals surface area contributed by atoms with Gasteiger partial charge in [0.2, 0.25) is 11.8 Å². The fourth-order valence-electron chi connectivity index (χ4n) is 3.19. The number of hydrazone groups is 2. The summed E-state index contributed by atoms with van der Waals surface area (Å²) < 4.78 is 5.18. The van der Waals surface area contributed by atoms with Crippen LogP contribution in [-0.2, 0) is 9.59 Å². The predicted octanol–water partition coefficient (Wildman–Crippen LogP) is 1.02. The molecule has 0 aliphatic carbocycles. The SMILES string of the molecule is COc1ccc(C(C2C(=O)NN=C2C)C2C(=O)NN=C2C)cc1. The van der Waals surface area contributed by atoms with Crippen molar-refractivity contribution in [3.8, 4) is 5.75 Å². The molecule has 2 unspecified atom stereocenters. The number of ether oxygens (including phenoxy) is 1. The summed E-state index contributed by atoms with van der Waals surface area (Å²) in [5.74, 6) is -1.04. The third kappa shape index (κ3) is 2.58. The van der Waals surface area contributed by atoms with E-state index in [-0.39, 0.29) is 17.7 Å². The fraction of sp³-hybridized carbons (Fsp3) is 0.375. The maximum Gasteiger partial charge on any atom is 0.249 e. The summed E-state index contributed by atoms with van der Waals surface area (Å²) in [6, 6.07) is 7.39. The molecule has 2 aliphatic rings. The van der Waals surface area contributed by atoms with Crippen LogP contribution in [0.2, 0.25) is 0 Å². The van der Waals surface area contributed by atoms with E-state index in [2.05, 4.69) is 21.1 Å². The Bertz CT molecular complexity index is 671. The molecule has 0 saturated carbocycles. The Morgan fingerprint density at radius 3 is 1.78 bits per heavy atom. The second kappa shape index (κ2) is 5.83. The second-order valence-corrected chi connectivity index (χ2v) is 5.71. The van der Waals surface area contributed by atoms with Crippen molar-refractivity contribution in [2.45, 2.75) is 19.8 Å². The third-order valence-corrected chi connectivity index (χ3v) is 4.37. The Hall–Kier alpha value is -2.70. The lowest BCUT2D eigenvalue weighted by atomic mass is 9.73. The number of benzene rings is 1. The Morgan fingerprint density at radius 2 is 1.43 bits per heavy atom. The molecule has 2 heterocycles. The smallest absolute Gasteiger partial charge is 0.249 e. The molecule has 2 amide bonds. The van der Waals surface area contributed by atoms with Crippen molar-refractivity contribution in [3.63, 3.8) is 0 Å². The zero-order chi connectivity index (χ0) is 16.6. The molecule has 7 heteroatoms. The zero-order valence-electron chi connectivity index (χ0n) is 13.2. The summed E-state index contributed by atoms with van der Waals surface area (Å²) in [6.45, 7) is 3.58. The van der Waals surface area contributed by atoms with Crippen molar-refractivity contribution in [3.05, 3.63) is 29.8 Å². The normalized spacial score (nSPS) is 24.7. The topological polar surface area (TPSA) is 92.1 Å². The molecular formula is C16H18N4O3. The van der Waals surface area contributed by atoms with Crippen LogP contribution in [0.1, 0.15) is 25.3 Å². The van der Waals surface area contributed by atoms with Crippen LogP contribution in [0.3, 0.4) is 0 Å². The van der Waals surface area contributed by atoms with Crippen molar-refractivity contribution in [1.29, 1.82) is 0 Å². The van der Waals surface area contributed by atoms with Gasteiger partial charge in [-0.2, -0.15) is 10.2 Å². The number of methoxy groups -OCH3 is 1. The van der Waals surface area contributed by atoms with Crippen molar-refractivity contribution in [2.24, 2.45) is 22.0 Å². The number of carbonyl (C=O) groups excluding carboxylic acids is 2. The number of hydrogen-bond donors (Lipinski definition) is 2. The highest BCUT2D eigenvalue weighted by atomic mass is 16.5. The van der Waals surface area contributed by atoms with E-state index in [1.165, 1.54) is 0 Å². The van der Waals surface area contributed by atoms with Crippen LogP contribution in [-0.4, -0.2) is 30.3 Å². The number of amides is 2. The second-order valence-electron chi connectivity index (χ2n) is 5.71. The van der Waals surface area contributed by atoms with Crippen LogP contribution in [0.5, 0.6) is 5.75 Å². The lowest BCUT2D eigenvalue weighted by Crippen LogP contribution is -2.38. The standard InChI is InChI=1S/C16H18N4O3/c1-8-12(15(21)19-17-8)14(13-9(2)18-20-16(13)22)10-4-6-11(23-3)7-5-10/h4-7,12-14H,1-3H3,(H,19,21)(H,20,22). The summed E-state index contributed by atoms with van der Waals surface area (Å²) in [7, 11) is 1.59. The molecule has 1 aromatic rings. The van der Waals surface area contributed by atoms with Crippen LogP contribution in [0.4, 0.5) is 0 Å². The van der Waals surface area contributed by atoms with Crippen LogP contribution in [0.15, 0.2) is 34.5 Å². The molecule has 0 spiro atoms. The average molecular weight is 314 g/mol. The minimum atomic E-state index is -0.498. The van der Waals surface area contributed by atoms with Gasteiger partial charge in [0.1, 0.15) is 5.75 Å². The minimum absolute atomic E-state index is 0.198. The molecule has 3 rings (SSSR count). The highest BCUT2D eigenvalue weighted by Crippen LogP contribution is 2.38. The molecule has 0 bridgehead atoms. The minimum Gasteiger partial charge on any atom is -0.497 e. The molecule has 2 N–H and O–H groups in total. The summed E-state index contributed by atoms with van der Waals surface area (Å²) >= 11 is 0. The maximum atomic E-state index is 12.3. The molecule has 120 valence electrons. The molecule has 0 saturated heterocycles. The molecular weight excluding hydrogens is 296 g/mol. The number of nitrogens with one attached hydrogen (secondary N) is 2. The van der Waals surface area contributed by atoms with Crippen LogP contribution in [0.25, 0.3) is 0 Å². The van der Waals surface area contributed by atoms with Crippen molar-refractivity contribution < 1.29 is 14.3 Å². The highest BCUT2D eigenvalue weighted by Gasteiger charge is 2.45. The first-order chi connectivity index (χ1) is 11.0. The first-order valence-electron chi connectivity index (χ1n) is 7.35. The van der Waals surface area contributed by atoms with Crippen LogP contribution in [0, 0.1) is 11.8 Å². The van der Waals surface area contributed by atoms with Gasteiger partial charge in [-0.05, 0) is 31.5 Å². The number of nitrogens with zero attached hydrogens (tertiary/aromatic N) is 2. The van der Waals surface area contributed by atoms with E-state index in [1.807, 2.05) is 24.3 Å². The fourth-order valence-corrected chi connectivity index (χ4v) is 3.19. The van der Waals surface area contributed by atoms with Crippen molar-refractivity contribution in [1.82, 2.24) is 10.9 Å². The summed E-state index contributed by atoms with van der Waals surface area (Å²) in [5, 5.41) is 8.04. The van der Waals surface area contributed by atoms with Gasteiger partial charge in [-0.1, -0.05) is 12.1 Å². The van der Waals surface area contributed by atoms with Crippen LogP contribution < -0.4 is 15.6 Å². The summed E-state index contributed by atoms with van der Waals surface area (Å²) in [4.78, 5) is 24.5. The van der Waals surface area contributed by atoms with Gasteiger partial charge in [0, 0.05) is 17.3 Å². The van der Waals surface area contributed by atoms with E-state index in [0.29, 0.717) is 11.4 Å². The molecule has 0 aromatic heterocycles. The number of carbonyl (C=O) groups is 2. The molecule has 0 fully saturated rings. The lowest BCUT2D eigenvalue weighted by molar-refractivity contribution is -0.124.